The maximum Gasteiger partial charge on any atom is 0.125 e. The minimum Gasteiger partial charge on any atom is -0.378 e. The van der Waals surface area contributed by atoms with Crippen LogP contribution in [-0.4, -0.2) is 0 Å². The van der Waals surface area contributed by atoms with Crippen molar-refractivity contribution in [1.82, 2.24) is 0 Å². The van der Waals surface area contributed by atoms with Gasteiger partial charge in [-0.3, -0.25) is 0 Å². The smallest absolute Gasteiger partial charge is 0.125 e. The Labute approximate surface area is 127 Å². The molecule has 1 unspecified atom stereocenters. The van der Waals surface area contributed by atoms with E-state index in [4.69, 9.17) is 0 Å². The zero-order valence-corrected chi connectivity index (χ0v) is 13.5. The van der Waals surface area contributed by atoms with Crippen molar-refractivity contribution in [1.29, 1.82) is 0 Å². The van der Waals surface area contributed by atoms with Crippen LogP contribution in [0.3, 0.4) is 0 Å². The average Bonchev–Trinajstić information content (AvgIpc) is 2.36. The van der Waals surface area contributed by atoms with Gasteiger partial charge in [0.1, 0.15) is 5.82 Å². The number of hydrogen-bond acceptors (Lipinski definition) is 1. The van der Waals surface area contributed by atoms with Gasteiger partial charge in [0.25, 0.3) is 0 Å². The highest BCUT2D eigenvalue weighted by molar-refractivity contribution is 5.48. The molecule has 1 N–H and O–H groups in total. The van der Waals surface area contributed by atoms with Gasteiger partial charge in [-0.15, -0.1) is 0 Å². The van der Waals surface area contributed by atoms with Gasteiger partial charge in [0, 0.05) is 11.7 Å². The fourth-order valence-corrected chi connectivity index (χ4v) is 2.42. The highest BCUT2D eigenvalue weighted by Crippen LogP contribution is 2.25. The van der Waals surface area contributed by atoms with Crippen molar-refractivity contribution in [2.24, 2.45) is 0 Å². The molecule has 0 aliphatic rings. The topological polar surface area (TPSA) is 12.0 Å². The van der Waals surface area contributed by atoms with Crippen LogP contribution < -0.4 is 5.32 Å². The van der Waals surface area contributed by atoms with Crippen LogP contribution in [0.2, 0.25) is 0 Å². The maximum atomic E-state index is 13.4. The van der Waals surface area contributed by atoms with Crippen molar-refractivity contribution in [2.45, 2.75) is 46.1 Å². The normalized spacial score (nSPS) is 13.0. The molecule has 1 nitrogen and oxygen atoms in total. The number of anilines is 1. The summed E-state index contributed by atoms with van der Waals surface area (Å²) in [4.78, 5) is 0. The van der Waals surface area contributed by atoms with Gasteiger partial charge in [0.15, 0.2) is 0 Å². The summed E-state index contributed by atoms with van der Waals surface area (Å²) in [6.07, 6.45) is 0. The number of halogens is 1. The minimum atomic E-state index is -0.201. The van der Waals surface area contributed by atoms with E-state index in [9.17, 15) is 4.39 Å². The summed E-state index contributed by atoms with van der Waals surface area (Å²) in [5, 5.41) is 3.36. The van der Waals surface area contributed by atoms with Gasteiger partial charge in [-0.2, -0.15) is 0 Å². The highest BCUT2D eigenvalue weighted by Gasteiger charge is 2.14. The Bertz CT molecular complexity index is 588. The first-order valence-electron chi connectivity index (χ1n) is 7.40. The SMILES string of the molecule is Cc1cc(F)cc(NC(C)c2ccc(C(C)(C)C)cc2)c1. The van der Waals surface area contributed by atoms with Crippen molar-refractivity contribution in [2.75, 3.05) is 5.32 Å². The van der Waals surface area contributed by atoms with E-state index in [0.717, 1.165) is 11.3 Å². The highest BCUT2D eigenvalue weighted by atomic mass is 19.1. The lowest BCUT2D eigenvalue weighted by Gasteiger charge is -2.21. The summed E-state index contributed by atoms with van der Waals surface area (Å²) in [7, 11) is 0. The molecule has 112 valence electrons. The molecule has 21 heavy (non-hydrogen) atoms. The molecule has 0 saturated carbocycles. The van der Waals surface area contributed by atoms with E-state index in [2.05, 4.69) is 57.3 Å². The molecule has 0 amide bonds. The Morgan fingerprint density at radius 1 is 1.00 bits per heavy atom. The second kappa shape index (κ2) is 5.88. The fraction of sp³-hybridized carbons (Fsp3) is 0.368. The van der Waals surface area contributed by atoms with Crippen LogP contribution in [0.1, 0.15) is 50.4 Å². The van der Waals surface area contributed by atoms with E-state index >= 15 is 0 Å². The predicted molar refractivity (Wildman–Crippen MR) is 88.3 cm³/mol. The van der Waals surface area contributed by atoms with Crippen LogP contribution in [0.15, 0.2) is 42.5 Å². The summed E-state index contributed by atoms with van der Waals surface area (Å²) in [6.45, 7) is 10.6. The van der Waals surface area contributed by atoms with Crippen molar-refractivity contribution in [3.63, 3.8) is 0 Å². The standard InChI is InChI=1S/C19H24FN/c1-13-10-17(20)12-18(11-13)21-14(2)15-6-8-16(9-7-15)19(3,4)5/h6-12,14,21H,1-5H3. The van der Waals surface area contributed by atoms with Crippen molar-refractivity contribution in [3.05, 3.63) is 65.0 Å². The van der Waals surface area contributed by atoms with E-state index in [1.165, 1.54) is 23.3 Å². The fourth-order valence-electron chi connectivity index (χ4n) is 2.42. The zero-order valence-electron chi connectivity index (χ0n) is 13.5. The zero-order chi connectivity index (χ0) is 15.6. The Kier molecular flexibility index (Phi) is 4.36. The molecule has 0 aliphatic carbocycles. The van der Waals surface area contributed by atoms with Gasteiger partial charge in [-0.1, -0.05) is 45.0 Å². The van der Waals surface area contributed by atoms with Crippen molar-refractivity contribution in [3.8, 4) is 0 Å². The molecule has 2 rings (SSSR count). The molecular weight excluding hydrogens is 261 g/mol. The van der Waals surface area contributed by atoms with Crippen LogP contribution in [0.25, 0.3) is 0 Å². The van der Waals surface area contributed by atoms with Gasteiger partial charge in [0.2, 0.25) is 0 Å². The quantitative estimate of drug-likeness (QED) is 0.773. The molecule has 1 atom stereocenters. The van der Waals surface area contributed by atoms with Crippen LogP contribution in [0.5, 0.6) is 0 Å². The third kappa shape index (κ3) is 4.07. The first-order valence-corrected chi connectivity index (χ1v) is 7.40. The molecule has 2 aromatic rings. The molecular formula is C19H24FN. The van der Waals surface area contributed by atoms with Crippen LogP contribution >= 0.6 is 0 Å². The average molecular weight is 285 g/mol. The summed E-state index contributed by atoms with van der Waals surface area (Å²) in [5.41, 5.74) is 4.42. The Hall–Kier alpha value is -1.83. The third-order valence-corrected chi connectivity index (χ3v) is 3.70. The molecule has 0 fully saturated rings. The predicted octanol–water partition coefficient (Wildman–Crippen LogP) is 5.60. The van der Waals surface area contributed by atoms with Gasteiger partial charge in [-0.25, -0.2) is 4.39 Å². The van der Waals surface area contributed by atoms with E-state index in [0.29, 0.717) is 0 Å². The summed E-state index contributed by atoms with van der Waals surface area (Å²) >= 11 is 0. The van der Waals surface area contributed by atoms with Crippen LogP contribution in [-0.2, 0) is 5.41 Å². The lowest BCUT2D eigenvalue weighted by atomic mass is 9.86. The first kappa shape index (κ1) is 15.6. The molecule has 2 aromatic carbocycles. The van der Waals surface area contributed by atoms with Gasteiger partial charge in [-0.05, 0) is 54.2 Å². The lowest BCUT2D eigenvalue weighted by molar-refractivity contribution is 0.589. The molecule has 0 radical (unpaired) electrons. The van der Waals surface area contributed by atoms with Crippen molar-refractivity contribution >= 4 is 5.69 Å². The lowest BCUT2D eigenvalue weighted by Crippen LogP contribution is -2.12. The molecule has 0 aromatic heterocycles. The first-order chi connectivity index (χ1) is 9.75. The second-order valence-corrected chi connectivity index (χ2v) is 6.76. The monoisotopic (exact) mass is 285 g/mol. The van der Waals surface area contributed by atoms with E-state index in [1.807, 2.05) is 13.0 Å². The number of nitrogens with one attached hydrogen (secondary N) is 1. The Balaban J connectivity index is 2.15. The number of benzene rings is 2. The molecule has 0 saturated heterocycles. The number of hydrogen-bond donors (Lipinski definition) is 1. The molecule has 0 aliphatic heterocycles. The van der Waals surface area contributed by atoms with E-state index < -0.39 is 0 Å². The summed E-state index contributed by atoms with van der Waals surface area (Å²) in [5.74, 6) is -0.201. The van der Waals surface area contributed by atoms with Crippen LogP contribution in [0, 0.1) is 12.7 Å². The number of rotatable bonds is 3. The van der Waals surface area contributed by atoms with Crippen molar-refractivity contribution < 1.29 is 4.39 Å². The molecule has 2 heteroatoms. The molecule has 0 bridgehead atoms. The second-order valence-electron chi connectivity index (χ2n) is 6.76. The molecule has 0 heterocycles. The third-order valence-electron chi connectivity index (χ3n) is 3.70. The maximum absolute atomic E-state index is 13.4. The summed E-state index contributed by atoms with van der Waals surface area (Å²) < 4.78 is 13.4. The van der Waals surface area contributed by atoms with Gasteiger partial charge >= 0.3 is 0 Å². The van der Waals surface area contributed by atoms with Gasteiger partial charge in [0.05, 0.1) is 0 Å². The molecule has 0 spiro atoms. The largest absolute Gasteiger partial charge is 0.378 e. The number of aryl methyl sites for hydroxylation is 1. The van der Waals surface area contributed by atoms with Crippen LogP contribution in [0.4, 0.5) is 10.1 Å². The van der Waals surface area contributed by atoms with E-state index in [1.54, 1.807) is 0 Å². The van der Waals surface area contributed by atoms with Gasteiger partial charge < -0.3 is 5.32 Å². The minimum absolute atomic E-state index is 0.139. The Morgan fingerprint density at radius 2 is 1.62 bits per heavy atom. The summed E-state index contributed by atoms with van der Waals surface area (Å²) in [6, 6.07) is 13.8. The van der Waals surface area contributed by atoms with E-state index in [-0.39, 0.29) is 17.3 Å². The Morgan fingerprint density at radius 3 is 2.14 bits per heavy atom.